The van der Waals surface area contributed by atoms with Crippen LogP contribution in [0.2, 0.25) is 0 Å². The van der Waals surface area contributed by atoms with Crippen LogP contribution in [0, 0.1) is 5.41 Å². The molecule has 0 amide bonds. The third kappa shape index (κ3) is 3.69. The molecule has 1 aromatic carbocycles. The van der Waals surface area contributed by atoms with Crippen LogP contribution < -0.4 is 9.47 Å². The van der Waals surface area contributed by atoms with E-state index in [2.05, 4.69) is 0 Å². The number of fused-ring (bicyclic) bond motifs is 1. The summed E-state index contributed by atoms with van der Waals surface area (Å²) in [5.41, 5.74) is 0.724. The summed E-state index contributed by atoms with van der Waals surface area (Å²) >= 11 is 0. The maximum atomic E-state index is 12.8. The van der Waals surface area contributed by atoms with Crippen molar-refractivity contribution < 1.29 is 28.9 Å². The highest BCUT2D eigenvalue weighted by molar-refractivity contribution is 5.99. The Labute approximate surface area is 152 Å². The van der Waals surface area contributed by atoms with Gasteiger partial charge in [0.2, 0.25) is 6.79 Å². The van der Waals surface area contributed by atoms with Crippen molar-refractivity contribution in [3.63, 3.8) is 0 Å². The van der Waals surface area contributed by atoms with Gasteiger partial charge in [-0.3, -0.25) is 9.59 Å². The van der Waals surface area contributed by atoms with Gasteiger partial charge in [0.05, 0.1) is 13.0 Å². The molecule has 26 heavy (non-hydrogen) atoms. The Bertz CT molecular complexity index is 762. The number of ketones is 1. The van der Waals surface area contributed by atoms with Gasteiger partial charge in [0.25, 0.3) is 0 Å². The topological polar surface area (TPSA) is 82.1 Å². The summed E-state index contributed by atoms with van der Waals surface area (Å²) in [6.45, 7) is 6.03. The van der Waals surface area contributed by atoms with E-state index in [1.54, 1.807) is 25.1 Å². The molecule has 1 aliphatic heterocycles. The Kier molecular flexibility index (Phi) is 4.94. The van der Waals surface area contributed by atoms with E-state index in [9.17, 15) is 14.7 Å². The molecule has 0 aromatic heterocycles. The minimum absolute atomic E-state index is 0.0148. The van der Waals surface area contributed by atoms with Gasteiger partial charge in [-0.1, -0.05) is 19.9 Å². The second-order valence-electron chi connectivity index (χ2n) is 7.48. The van der Waals surface area contributed by atoms with Crippen LogP contribution in [-0.2, 0) is 14.3 Å². The van der Waals surface area contributed by atoms with E-state index in [1.807, 2.05) is 13.8 Å². The van der Waals surface area contributed by atoms with Crippen LogP contribution in [0.5, 0.6) is 11.5 Å². The fourth-order valence-corrected chi connectivity index (χ4v) is 3.60. The SMILES string of the molecule is CCOC(=O)CC(C1=C(O)CC(C)(C)CC1=O)c1ccc2c(c1)OCO2. The number of esters is 1. The average molecular weight is 360 g/mol. The number of aliphatic hydroxyl groups is 1. The minimum Gasteiger partial charge on any atom is -0.512 e. The Morgan fingerprint density at radius 3 is 2.69 bits per heavy atom. The third-order valence-corrected chi connectivity index (χ3v) is 4.72. The van der Waals surface area contributed by atoms with Crippen LogP contribution in [0.25, 0.3) is 0 Å². The molecule has 0 saturated heterocycles. The summed E-state index contributed by atoms with van der Waals surface area (Å²) in [7, 11) is 0. The van der Waals surface area contributed by atoms with Crippen LogP contribution in [-0.4, -0.2) is 30.3 Å². The predicted octanol–water partition coefficient (Wildman–Crippen LogP) is 3.65. The molecule has 0 bridgehead atoms. The third-order valence-electron chi connectivity index (χ3n) is 4.72. The van der Waals surface area contributed by atoms with Crippen LogP contribution in [0.3, 0.4) is 0 Å². The second kappa shape index (κ2) is 7.02. The summed E-state index contributed by atoms with van der Waals surface area (Å²) in [4.78, 5) is 24.9. The number of carbonyl (C=O) groups is 2. The van der Waals surface area contributed by atoms with Gasteiger partial charge in [0, 0.05) is 24.3 Å². The largest absolute Gasteiger partial charge is 0.512 e. The van der Waals surface area contributed by atoms with Gasteiger partial charge in [0.15, 0.2) is 17.3 Å². The molecule has 1 atom stereocenters. The van der Waals surface area contributed by atoms with Crippen LogP contribution in [0.4, 0.5) is 0 Å². The molecule has 1 heterocycles. The van der Waals surface area contributed by atoms with E-state index in [1.165, 1.54) is 0 Å². The maximum absolute atomic E-state index is 12.8. The van der Waals surface area contributed by atoms with Gasteiger partial charge in [0.1, 0.15) is 5.76 Å². The quantitative estimate of drug-likeness (QED) is 0.807. The van der Waals surface area contributed by atoms with Crippen LogP contribution in [0.1, 0.15) is 51.5 Å². The molecule has 2 aliphatic rings. The molecule has 0 radical (unpaired) electrons. The fraction of sp³-hybridized carbons (Fsp3) is 0.500. The first-order valence-corrected chi connectivity index (χ1v) is 8.81. The summed E-state index contributed by atoms with van der Waals surface area (Å²) in [5.74, 6) is 0.127. The molecule has 3 rings (SSSR count). The number of allylic oxidation sites excluding steroid dienone is 2. The lowest BCUT2D eigenvalue weighted by Crippen LogP contribution is -2.29. The van der Waals surface area contributed by atoms with Crippen molar-refractivity contribution in [3.05, 3.63) is 35.1 Å². The van der Waals surface area contributed by atoms with Gasteiger partial charge >= 0.3 is 5.97 Å². The lowest BCUT2D eigenvalue weighted by molar-refractivity contribution is -0.143. The number of hydrogen-bond donors (Lipinski definition) is 1. The van der Waals surface area contributed by atoms with Crippen molar-refractivity contribution in [1.29, 1.82) is 0 Å². The zero-order valence-electron chi connectivity index (χ0n) is 15.3. The molecule has 1 aromatic rings. The van der Waals surface area contributed by atoms with E-state index in [0.29, 0.717) is 29.9 Å². The predicted molar refractivity (Wildman–Crippen MR) is 94.2 cm³/mol. The second-order valence-corrected chi connectivity index (χ2v) is 7.48. The van der Waals surface area contributed by atoms with E-state index in [-0.39, 0.29) is 36.8 Å². The van der Waals surface area contributed by atoms with Crippen molar-refractivity contribution in [2.45, 2.75) is 46.0 Å². The van der Waals surface area contributed by atoms with Gasteiger partial charge in [-0.15, -0.1) is 0 Å². The highest BCUT2D eigenvalue weighted by Crippen LogP contribution is 2.44. The number of Topliss-reactive ketones (excluding diaryl/α,β-unsaturated/α-hetero) is 1. The molecule has 1 N–H and O–H groups in total. The molecule has 0 saturated carbocycles. The first kappa shape index (κ1) is 18.3. The molecular formula is C20H24O6. The van der Waals surface area contributed by atoms with Crippen LogP contribution >= 0.6 is 0 Å². The van der Waals surface area contributed by atoms with Crippen molar-refractivity contribution in [1.82, 2.24) is 0 Å². The monoisotopic (exact) mass is 360 g/mol. The number of hydrogen-bond acceptors (Lipinski definition) is 6. The molecule has 6 nitrogen and oxygen atoms in total. The maximum Gasteiger partial charge on any atom is 0.306 e. The highest BCUT2D eigenvalue weighted by Gasteiger charge is 2.38. The Morgan fingerprint density at radius 1 is 1.27 bits per heavy atom. The number of carbonyl (C=O) groups excluding carboxylic acids is 2. The first-order chi connectivity index (χ1) is 12.3. The lowest BCUT2D eigenvalue weighted by atomic mass is 9.72. The van der Waals surface area contributed by atoms with E-state index < -0.39 is 11.9 Å². The number of ether oxygens (including phenoxy) is 3. The Balaban J connectivity index is 2.01. The zero-order chi connectivity index (χ0) is 18.9. The smallest absolute Gasteiger partial charge is 0.306 e. The lowest BCUT2D eigenvalue weighted by Gasteiger charge is -2.32. The normalized spacial score (nSPS) is 19.4. The molecule has 0 spiro atoms. The van der Waals surface area contributed by atoms with Gasteiger partial charge in [-0.2, -0.15) is 0 Å². The molecule has 1 aliphatic carbocycles. The van der Waals surface area contributed by atoms with Crippen molar-refractivity contribution in [2.75, 3.05) is 13.4 Å². The van der Waals surface area contributed by atoms with Gasteiger partial charge < -0.3 is 19.3 Å². The van der Waals surface area contributed by atoms with Gasteiger partial charge in [-0.25, -0.2) is 0 Å². The first-order valence-electron chi connectivity index (χ1n) is 8.81. The van der Waals surface area contributed by atoms with Crippen molar-refractivity contribution >= 4 is 11.8 Å². The molecular weight excluding hydrogens is 336 g/mol. The molecule has 1 unspecified atom stereocenters. The number of rotatable bonds is 5. The van der Waals surface area contributed by atoms with E-state index in [4.69, 9.17) is 14.2 Å². The standard InChI is InChI=1S/C20H24O6/c1-4-24-18(23)8-13(12-5-6-16-17(7-12)26-11-25-16)19-14(21)9-20(2,3)10-15(19)22/h5-7,13,21H,4,8-11H2,1-3H3. The van der Waals surface area contributed by atoms with Crippen LogP contribution in [0.15, 0.2) is 29.5 Å². The van der Waals surface area contributed by atoms with Gasteiger partial charge in [-0.05, 0) is 30.0 Å². The number of aliphatic hydroxyl groups excluding tert-OH is 1. The summed E-state index contributed by atoms with van der Waals surface area (Å²) in [6.07, 6.45) is 0.716. The Hall–Kier alpha value is -2.50. The minimum atomic E-state index is -0.577. The molecule has 6 heteroatoms. The summed E-state index contributed by atoms with van der Waals surface area (Å²) < 4.78 is 15.8. The average Bonchev–Trinajstić information content (AvgIpc) is 2.99. The zero-order valence-corrected chi connectivity index (χ0v) is 15.3. The van der Waals surface area contributed by atoms with E-state index in [0.717, 1.165) is 5.56 Å². The summed E-state index contributed by atoms with van der Waals surface area (Å²) in [5, 5.41) is 10.6. The Morgan fingerprint density at radius 2 is 2.00 bits per heavy atom. The fourth-order valence-electron chi connectivity index (χ4n) is 3.60. The van der Waals surface area contributed by atoms with Crippen molar-refractivity contribution in [3.8, 4) is 11.5 Å². The molecule has 140 valence electrons. The number of benzene rings is 1. The highest BCUT2D eigenvalue weighted by atomic mass is 16.7. The van der Waals surface area contributed by atoms with E-state index >= 15 is 0 Å². The summed E-state index contributed by atoms with van der Waals surface area (Å²) in [6, 6.07) is 5.31. The van der Waals surface area contributed by atoms with Crippen molar-refractivity contribution in [2.24, 2.45) is 5.41 Å². The molecule has 0 fully saturated rings.